The van der Waals surface area contributed by atoms with Gasteiger partial charge in [0, 0.05) is 24.9 Å². The van der Waals surface area contributed by atoms with E-state index in [0.717, 1.165) is 11.1 Å². The molecule has 1 aliphatic heterocycles. The van der Waals surface area contributed by atoms with Gasteiger partial charge >= 0.3 is 0 Å². The molecule has 1 aromatic carbocycles. The second-order valence-electron chi connectivity index (χ2n) is 9.29. The maximum atomic E-state index is 13.0. The molecule has 1 aliphatic rings. The Morgan fingerprint density at radius 2 is 1.48 bits per heavy atom. The van der Waals surface area contributed by atoms with E-state index in [1.165, 1.54) is 6.26 Å². The Balaban J connectivity index is 2.40. The minimum absolute atomic E-state index is 0.0589. The quantitative estimate of drug-likeness (QED) is 0.805. The second kappa shape index (κ2) is 6.42. The van der Waals surface area contributed by atoms with Crippen LogP contribution in [0.25, 0.3) is 0 Å². The van der Waals surface area contributed by atoms with E-state index >= 15 is 0 Å². The first-order chi connectivity index (χ1) is 11.2. The van der Waals surface area contributed by atoms with Gasteiger partial charge in [-0.15, -0.1) is 0 Å². The molecule has 1 saturated heterocycles. The second-order valence-corrected chi connectivity index (χ2v) is 11.6. The zero-order valence-corrected chi connectivity index (χ0v) is 17.3. The van der Waals surface area contributed by atoms with E-state index in [0.29, 0.717) is 25.1 Å². The van der Waals surface area contributed by atoms with Crippen LogP contribution >= 0.6 is 0 Å². The Bertz CT molecular complexity index is 735. The van der Waals surface area contributed by atoms with Gasteiger partial charge in [-0.2, -0.15) is 0 Å². The van der Waals surface area contributed by atoms with Crippen molar-refractivity contribution in [1.82, 2.24) is 4.90 Å². The molecule has 0 saturated carbocycles. The average Bonchev–Trinajstić information content (AvgIpc) is 2.94. The van der Waals surface area contributed by atoms with Crippen molar-refractivity contribution >= 4 is 15.7 Å². The fraction of sp³-hybridized carbons (Fsp3) is 0.650. The largest absolute Gasteiger partial charge is 0.337 e. The van der Waals surface area contributed by atoms with Crippen LogP contribution in [0, 0.1) is 0 Å². The number of hydrogen-bond acceptors (Lipinski definition) is 3. The number of sulfone groups is 1. The summed E-state index contributed by atoms with van der Waals surface area (Å²) in [5.74, 6) is -0.0669. The van der Waals surface area contributed by atoms with Crippen molar-refractivity contribution in [3.05, 3.63) is 34.9 Å². The Morgan fingerprint density at radius 3 is 1.84 bits per heavy atom. The summed E-state index contributed by atoms with van der Waals surface area (Å²) in [6.07, 6.45) is 1.78. The van der Waals surface area contributed by atoms with Gasteiger partial charge in [0.25, 0.3) is 5.91 Å². The predicted octanol–water partition coefficient (Wildman–Crippen LogP) is 3.54. The lowest BCUT2D eigenvalue weighted by atomic mass is 9.79. The number of hydrogen-bond donors (Lipinski definition) is 0. The van der Waals surface area contributed by atoms with Gasteiger partial charge in [-0.05, 0) is 40.5 Å². The molecule has 1 aromatic rings. The van der Waals surface area contributed by atoms with Crippen LogP contribution in [0.2, 0.25) is 0 Å². The van der Waals surface area contributed by atoms with Crippen LogP contribution in [0.5, 0.6) is 0 Å². The molecule has 5 heteroatoms. The molecule has 0 radical (unpaired) electrons. The smallest absolute Gasteiger partial charge is 0.253 e. The van der Waals surface area contributed by atoms with E-state index in [9.17, 15) is 13.2 Å². The third-order valence-corrected chi connectivity index (χ3v) is 6.55. The summed E-state index contributed by atoms with van der Waals surface area (Å²) in [7, 11) is -3.11. The number of benzene rings is 1. The summed E-state index contributed by atoms with van der Waals surface area (Å²) in [6.45, 7) is 13.6. The van der Waals surface area contributed by atoms with Crippen LogP contribution in [0.15, 0.2) is 18.2 Å². The maximum Gasteiger partial charge on any atom is 0.253 e. The van der Waals surface area contributed by atoms with Gasteiger partial charge < -0.3 is 4.90 Å². The number of carbonyl (C=O) groups excluding carboxylic acids is 1. The van der Waals surface area contributed by atoms with Crippen molar-refractivity contribution in [3.8, 4) is 0 Å². The molecule has 1 atom stereocenters. The standard InChI is InChI=1S/C20H31NO3S/c1-19(2,3)15-10-14(11-16(12-15)20(4,5)6)18(22)21-9-8-17(13-21)25(7,23)24/h10-12,17H,8-9,13H2,1-7H3. The molecule has 0 spiro atoms. The molecule has 140 valence electrons. The van der Waals surface area contributed by atoms with Crippen LogP contribution in [0.4, 0.5) is 0 Å². The SMILES string of the molecule is CC(C)(C)c1cc(C(=O)N2CCC(S(C)(=O)=O)C2)cc(C(C)(C)C)c1. The number of nitrogens with zero attached hydrogens (tertiary/aromatic N) is 1. The summed E-state index contributed by atoms with van der Waals surface area (Å²) in [5.41, 5.74) is 2.79. The summed E-state index contributed by atoms with van der Waals surface area (Å²) in [5, 5.41) is -0.440. The van der Waals surface area contributed by atoms with E-state index < -0.39 is 15.1 Å². The highest BCUT2D eigenvalue weighted by atomic mass is 32.2. The van der Waals surface area contributed by atoms with Crippen molar-refractivity contribution < 1.29 is 13.2 Å². The third kappa shape index (κ3) is 4.63. The van der Waals surface area contributed by atoms with Crippen LogP contribution in [-0.2, 0) is 20.7 Å². The van der Waals surface area contributed by atoms with Gasteiger partial charge in [0.1, 0.15) is 0 Å². The highest BCUT2D eigenvalue weighted by Crippen LogP contribution is 2.31. The summed E-state index contributed by atoms with van der Waals surface area (Å²) in [4.78, 5) is 14.7. The van der Waals surface area contributed by atoms with Crippen LogP contribution in [0.3, 0.4) is 0 Å². The zero-order valence-electron chi connectivity index (χ0n) is 16.5. The minimum Gasteiger partial charge on any atom is -0.337 e. The van der Waals surface area contributed by atoms with Crippen LogP contribution in [-0.4, -0.2) is 43.8 Å². The van der Waals surface area contributed by atoms with Gasteiger partial charge in [-0.25, -0.2) is 8.42 Å². The molecule has 1 heterocycles. The summed E-state index contributed by atoms with van der Waals surface area (Å²) >= 11 is 0. The first-order valence-electron chi connectivity index (χ1n) is 8.84. The van der Waals surface area contributed by atoms with Crippen LogP contribution < -0.4 is 0 Å². The van der Waals surface area contributed by atoms with Gasteiger partial charge in [-0.3, -0.25) is 4.79 Å². The van der Waals surface area contributed by atoms with E-state index in [1.807, 2.05) is 12.1 Å². The highest BCUT2D eigenvalue weighted by Gasteiger charge is 2.33. The molecule has 1 amide bonds. The fourth-order valence-corrected chi connectivity index (χ4v) is 4.05. The minimum atomic E-state index is -3.11. The average molecular weight is 366 g/mol. The number of amides is 1. The van der Waals surface area contributed by atoms with Crippen molar-refractivity contribution in [2.24, 2.45) is 0 Å². The Labute approximate surface area is 152 Å². The van der Waals surface area contributed by atoms with Gasteiger partial charge in [0.15, 0.2) is 9.84 Å². The number of likely N-dealkylation sites (tertiary alicyclic amines) is 1. The molecular formula is C20H31NO3S. The van der Waals surface area contributed by atoms with Crippen molar-refractivity contribution in [3.63, 3.8) is 0 Å². The fourth-order valence-electron chi connectivity index (χ4n) is 3.06. The molecule has 1 fully saturated rings. The molecule has 25 heavy (non-hydrogen) atoms. The molecule has 2 rings (SSSR count). The van der Waals surface area contributed by atoms with Gasteiger partial charge in [0.2, 0.25) is 0 Å². The summed E-state index contributed by atoms with van der Waals surface area (Å²) < 4.78 is 23.5. The Hall–Kier alpha value is -1.36. The normalized spacial score (nSPS) is 19.3. The molecule has 0 N–H and O–H groups in total. The highest BCUT2D eigenvalue weighted by molar-refractivity contribution is 7.91. The first-order valence-corrected chi connectivity index (χ1v) is 10.8. The van der Waals surface area contributed by atoms with E-state index in [-0.39, 0.29) is 16.7 Å². The topological polar surface area (TPSA) is 54.5 Å². The van der Waals surface area contributed by atoms with Crippen LogP contribution in [0.1, 0.15) is 69.4 Å². The van der Waals surface area contributed by atoms with E-state index in [2.05, 4.69) is 47.6 Å². The van der Waals surface area contributed by atoms with Crippen molar-refractivity contribution in [1.29, 1.82) is 0 Å². The van der Waals surface area contributed by atoms with E-state index in [4.69, 9.17) is 0 Å². The van der Waals surface area contributed by atoms with Crippen molar-refractivity contribution in [2.75, 3.05) is 19.3 Å². The maximum absolute atomic E-state index is 13.0. The van der Waals surface area contributed by atoms with Gasteiger partial charge in [-0.1, -0.05) is 47.6 Å². The Kier molecular flexibility index (Phi) is 5.12. The molecule has 1 unspecified atom stereocenters. The number of carbonyl (C=O) groups is 1. The third-order valence-electron chi connectivity index (χ3n) is 4.95. The predicted molar refractivity (Wildman–Crippen MR) is 103 cm³/mol. The molecule has 0 bridgehead atoms. The molecule has 0 aliphatic carbocycles. The van der Waals surface area contributed by atoms with Crippen molar-refractivity contribution in [2.45, 2.75) is 64.0 Å². The van der Waals surface area contributed by atoms with E-state index in [1.54, 1.807) is 4.90 Å². The summed E-state index contributed by atoms with van der Waals surface area (Å²) in [6, 6.07) is 6.11. The van der Waals surface area contributed by atoms with Gasteiger partial charge in [0.05, 0.1) is 5.25 Å². The molecule has 0 aromatic heterocycles. The molecule has 4 nitrogen and oxygen atoms in total. The number of rotatable bonds is 2. The lowest BCUT2D eigenvalue weighted by molar-refractivity contribution is 0.0793. The molecular weight excluding hydrogens is 334 g/mol. The lowest BCUT2D eigenvalue weighted by Crippen LogP contribution is -2.32. The first kappa shape index (κ1) is 20.0. The monoisotopic (exact) mass is 365 g/mol. The Morgan fingerprint density at radius 1 is 1.00 bits per heavy atom. The zero-order chi connectivity index (χ0) is 19.2. The lowest BCUT2D eigenvalue weighted by Gasteiger charge is -2.27.